The maximum absolute atomic E-state index is 11.1. The molecule has 1 aromatic carbocycles. The van der Waals surface area contributed by atoms with Gasteiger partial charge in [0, 0.05) is 30.4 Å². The first-order valence-electron chi connectivity index (χ1n) is 6.61. The molecule has 1 aliphatic rings. The van der Waals surface area contributed by atoms with Crippen LogP contribution in [0.4, 0.5) is 5.69 Å². The van der Waals surface area contributed by atoms with Crippen LogP contribution in [-0.2, 0) is 11.3 Å². The second-order valence-electron chi connectivity index (χ2n) is 4.89. The molecule has 2 rings (SSSR count). The van der Waals surface area contributed by atoms with Gasteiger partial charge in [0.25, 0.3) is 0 Å². The number of nitrogens with two attached hydrogens (primary N) is 2. The van der Waals surface area contributed by atoms with Gasteiger partial charge in [0.2, 0.25) is 5.91 Å². The van der Waals surface area contributed by atoms with Gasteiger partial charge in [-0.15, -0.1) is 0 Å². The van der Waals surface area contributed by atoms with Crippen LogP contribution in [0.2, 0.25) is 0 Å². The van der Waals surface area contributed by atoms with Crippen LogP contribution in [0.1, 0.15) is 29.3 Å². The monoisotopic (exact) mass is 263 g/mol. The van der Waals surface area contributed by atoms with Crippen molar-refractivity contribution in [3.05, 3.63) is 29.3 Å². The molecule has 1 fully saturated rings. The van der Waals surface area contributed by atoms with Gasteiger partial charge in [0.15, 0.2) is 0 Å². The van der Waals surface area contributed by atoms with Crippen molar-refractivity contribution in [2.75, 3.05) is 25.5 Å². The number of primary amides is 1. The summed E-state index contributed by atoms with van der Waals surface area (Å²) >= 11 is 0. The van der Waals surface area contributed by atoms with Crippen LogP contribution in [0.25, 0.3) is 0 Å². The highest BCUT2D eigenvalue weighted by Gasteiger charge is 2.22. The Morgan fingerprint density at radius 1 is 1.53 bits per heavy atom. The molecule has 1 aliphatic heterocycles. The summed E-state index contributed by atoms with van der Waals surface area (Å²) in [5, 5.41) is 0. The number of hydrogen-bond donors (Lipinski definition) is 2. The van der Waals surface area contributed by atoms with Gasteiger partial charge in [0.05, 0.1) is 13.2 Å². The highest BCUT2D eigenvalue weighted by atomic mass is 16.5. The minimum Gasteiger partial charge on any atom is -0.398 e. The first-order chi connectivity index (χ1) is 9.11. The number of morpholine rings is 1. The molecule has 0 radical (unpaired) electrons. The Hall–Kier alpha value is -1.59. The van der Waals surface area contributed by atoms with Crippen molar-refractivity contribution in [2.24, 2.45) is 5.73 Å². The van der Waals surface area contributed by atoms with Crippen LogP contribution < -0.4 is 11.5 Å². The third kappa shape index (κ3) is 3.24. The molecule has 0 aromatic heterocycles. The molecular formula is C14H21N3O2. The lowest BCUT2D eigenvalue weighted by atomic mass is 10.1. The number of carbonyl (C=O) groups excluding carboxylic acids is 1. The Bertz CT molecular complexity index is 462. The topological polar surface area (TPSA) is 81.6 Å². The summed E-state index contributed by atoms with van der Waals surface area (Å²) in [5.41, 5.74) is 13.3. The zero-order valence-electron chi connectivity index (χ0n) is 11.3. The zero-order valence-corrected chi connectivity index (χ0v) is 11.3. The molecule has 1 unspecified atom stereocenters. The summed E-state index contributed by atoms with van der Waals surface area (Å²) in [6, 6.07) is 5.70. The lowest BCUT2D eigenvalue weighted by Gasteiger charge is -2.35. The fourth-order valence-corrected chi connectivity index (χ4v) is 2.38. The Morgan fingerprint density at radius 2 is 2.32 bits per heavy atom. The molecule has 0 aliphatic carbocycles. The quantitative estimate of drug-likeness (QED) is 0.793. The first-order valence-corrected chi connectivity index (χ1v) is 6.61. The zero-order chi connectivity index (χ0) is 13.8. The van der Waals surface area contributed by atoms with E-state index in [1.165, 1.54) is 0 Å². The van der Waals surface area contributed by atoms with Gasteiger partial charge < -0.3 is 16.2 Å². The third-order valence-corrected chi connectivity index (χ3v) is 3.62. The maximum Gasteiger partial charge on any atom is 0.248 e. The van der Waals surface area contributed by atoms with Gasteiger partial charge >= 0.3 is 0 Å². The molecule has 1 heterocycles. The molecule has 1 atom stereocenters. The fourth-order valence-electron chi connectivity index (χ4n) is 2.38. The van der Waals surface area contributed by atoms with Crippen molar-refractivity contribution in [3.63, 3.8) is 0 Å². The largest absolute Gasteiger partial charge is 0.398 e. The van der Waals surface area contributed by atoms with Gasteiger partial charge in [-0.05, 0) is 24.1 Å². The molecule has 0 bridgehead atoms. The van der Waals surface area contributed by atoms with E-state index in [1.807, 2.05) is 6.07 Å². The normalized spacial score (nSPS) is 20.4. The average molecular weight is 263 g/mol. The minimum absolute atomic E-state index is 0.434. The van der Waals surface area contributed by atoms with Crippen LogP contribution in [0, 0.1) is 0 Å². The van der Waals surface area contributed by atoms with Crippen molar-refractivity contribution in [1.29, 1.82) is 0 Å². The summed E-state index contributed by atoms with van der Waals surface area (Å²) in [5.74, 6) is -0.448. The number of hydrogen-bond acceptors (Lipinski definition) is 4. The van der Waals surface area contributed by atoms with Crippen LogP contribution in [0.3, 0.4) is 0 Å². The molecule has 104 valence electrons. The second-order valence-corrected chi connectivity index (χ2v) is 4.89. The van der Waals surface area contributed by atoms with Crippen LogP contribution in [0.15, 0.2) is 18.2 Å². The summed E-state index contributed by atoms with van der Waals surface area (Å²) in [7, 11) is 0. The van der Waals surface area contributed by atoms with E-state index >= 15 is 0 Å². The molecule has 19 heavy (non-hydrogen) atoms. The average Bonchev–Trinajstić information content (AvgIpc) is 2.41. The van der Waals surface area contributed by atoms with Crippen molar-refractivity contribution in [1.82, 2.24) is 4.90 Å². The lowest BCUT2D eigenvalue weighted by Crippen LogP contribution is -2.44. The van der Waals surface area contributed by atoms with Crippen molar-refractivity contribution < 1.29 is 9.53 Å². The SMILES string of the molecule is CCC1COCCN1Cc1ccc(C(N)=O)cc1N. The standard InChI is InChI=1S/C14H21N3O2/c1-2-12-9-19-6-5-17(12)8-11-4-3-10(14(16)18)7-13(11)15/h3-4,7,12H,2,5-6,8-9,15H2,1H3,(H2,16,18). The molecule has 1 aromatic rings. The molecular weight excluding hydrogens is 242 g/mol. The predicted octanol–water partition coefficient (Wildman–Crippen LogP) is 0.979. The van der Waals surface area contributed by atoms with Crippen molar-refractivity contribution in [3.8, 4) is 0 Å². The number of amides is 1. The summed E-state index contributed by atoms with van der Waals surface area (Å²) < 4.78 is 5.49. The molecule has 5 heteroatoms. The minimum atomic E-state index is -0.448. The van der Waals surface area contributed by atoms with E-state index in [0.29, 0.717) is 17.3 Å². The van der Waals surface area contributed by atoms with Gasteiger partial charge in [-0.2, -0.15) is 0 Å². The van der Waals surface area contributed by atoms with Gasteiger partial charge in [-0.3, -0.25) is 9.69 Å². The Balaban J connectivity index is 2.11. The Morgan fingerprint density at radius 3 is 2.95 bits per heavy atom. The van der Waals surface area contributed by atoms with Gasteiger partial charge in [-0.25, -0.2) is 0 Å². The Kier molecular flexibility index (Phi) is 4.39. The van der Waals surface area contributed by atoms with E-state index in [1.54, 1.807) is 12.1 Å². The fraction of sp³-hybridized carbons (Fsp3) is 0.500. The van der Waals surface area contributed by atoms with E-state index in [9.17, 15) is 4.79 Å². The number of nitrogens with zero attached hydrogens (tertiary/aromatic N) is 1. The van der Waals surface area contributed by atoms with E-state index < -0.39 is 5.91 Å². The van der Waals surface area contributed by atoms with Crippen molar-refractivity contribution in [2.45, 2.75) is 25.9 Å². The summed E-state index contributed by atoms with van der Waals surface area (Å²) in [4.78, 5) is 13.5. The van der Waals surface area contributed by atoms with Crippen molar-refractivity contribution >= 4 is 11.6 Å². The smallest absolute Gasteiger partial charge is 0.248 e. The number of anilines is 1. The van der Waals surface area contributed by atoms with Crippen LogP contribution in [-0.4, -0.2) is 36.6 Å². The molecule has 1 saturated heterocycles. The predicted molar refractivity (Wildman–Crippen MR) is 74.7 cm³/mol. The van der Waals surface area contributed by atoms with E-state index in [4.69, 9.17) is 16.2 Å². The molecule has 5 nitrogen and oxygen atoms in total. The number of rotatable bonds is 4. The second kappa shape index (κ2) is 6.04. The highest BCUT2D eigenvalue weighted by molar-refractivity contribution is 5.93. The van der Waals surface area contributed by atoms with Gasteiger partial charge in [0.1, 0.15) is 0 Å². The van der Waals surface area contributed by atoms with E-state index in [-0.39, 0.29) is 0 Å². The van der Waals surface area contributed by atoms with Gasteiger partial charge in [-0.1, -0.05) is 13.0 Å². The summed E-state index contributed by atoms with van der Waals surface area (Å²) in [6.45, 7) is 5.39. The Labute approximate surface area is 113 Å². The molecule has 0 spiro atoms. The molecule has 4 N–H and O–H groups in total. The van der Waals surface area contributed by atoms with E-state index in [0.717, 1.165) is 38.3 Å². The third-order valence-electron chi connectivity index (χ3n) is 3.62. The number of carbonyl (C=O) groups is 1. The highest BCUT2D eigenvalue weighted by Crippen LogP contribution is 2.20. The van der Waals surface area contributed by atoms with E-state index in [2.05, 4.69) is 11.8 Å². The number of ether oxygens (including phenoxy) is 1. The van der Waals surface area contributed by atoms with Crippen LogP contribution >= 0.6 is 0 Å². The maximum atomic E-state index is 11.1. The first kappa shape index (κ1) is 13.8. The number of nitrogen functional groups attached to an aromatic ring is 1. The molecule has 1 amide bonds. The lowest BCUT2D eigenvalue weighted by molar-refractivity contribution is -0.0126. The van der Waals surface area contributed by atoms with Crippen LogP contribution in [0.5, 0.6) is 0 Å². The number of benzene rings is 1. The summed E-state index contributed by atoms with van der Waals surface area (Å²) in [6.07, 6.45) is 1.05. The molecule has 0 saturated carbocycles.